The summed E-state index contributed by atoms with van der Waals surface area (Å²) in [6, 6.07) is 8.60. The number of rotatable bonds is 3. The van der Waals surface area contributed by atoms with Gasteiger partial charge in [-0.3, -0.25) is 14.3 Å². The normalized spacial score (nSPS) is 10.7. The van der Waals surface area contributed by atoms with E-state index in [2.05, 4.69) is 10.3 Å². The summed E-state index contributed by atoms with van der Waals surface area (Å²) in [5.74, 6) is -0.667. The van der Waals surface area contributed by atoms with Crippen LogP contribution in [-0.4, -0.2) is 15.5 Å². The Hall–Kier alpha value is -2.89. The molecule has 1 aromatic carbocycles. The minimum absolute atomic E-state index is 0.222. The fourth-order valence-corrected chi connectivity index (χ4v) is 2.06. The Morgan fingerprint density at radius 2 is 2.05 bits per heavy atom. The van der Waals surface area contributed by atoms with E-state index < -0.39 is 5.76 Å². The molecule has 3 aromatic rings. The molecule has 3 rings (SSSR count). The van der Waals surface area contributed by atoms with Crippen LogP contribution >= 0.6 is 0 Å². The maximum Gasteiger partial charge on any atom is 0.419 e. The number of fused-ring (bicyclic) bond motifs is 1. The van der Waals surface area contributed by atoms with Crippen molar-refractivity contribution in [3.05, 3.63) is 64.4 Å². The Morgan fingerprint density at radius 3 is 2.81 bits per heavy atom. The van der Waals surface area contributed by atoms with Crippen LogP contribution in [-0.2, 0) is 13.6 Å². The number of carbonyl (C=O) groups excluding carboxylic acids is 1. The van der Waals surface area contributed by atoms with Gasteiger partial charge in [-0.2, -0.15) is 0 Å². The summed E-state index contributed by atoms with van der Waals surface area (Å²) in [4.78, 5) is 27.4. The molecule has 0 radical (unpaired) electrons. The van der Waals surface area contributed by atoms with Gasteiger partial charge in [0.25, 0.3) is 5.91 Å². The first kappa shape index (κ1) is 13.1. The monoisotopic (exact) mass is 283 g/mol. The van der Waals surface area contributed by atoms with Gasteiger partial charge >= 0.3 is 5.76 Å². The molecule has 0 spiro atoms. The lowest BCUT2D eigenvalue weighted by Gasteiger charge is -2.05. The van der Waals surface area contributed by atoms with E-state index in [9.17, 15) is 9.59 Å². The van der Waals surface area contributed by atoms with Gasteiger partial charge in [0.05, 0.1) is 5.52 Å². The number of aromatic nitrogens is 2. The number of hydrogen-bond donors (Lipinski definition) is 1. The van der Waals surface area contributed by atoms with E-state index in [4.69, 9.17) is 4.42 Å². The largest absolute Gasteiger partial charge is 0.419 e. The number of nitrogens with zero attached hydrogens (tertiary/aromatic N) is 2. The van der Waals surface area contributed by atoms with E-state index in [1.807, 2.05) is 12.1 Å². The zero-order chi connectivity index (χ0) is 14.8. The molecule has 0 aliphatic carbocycles. The van der Waals surface area contributed by atoms with Gasteiger partial charge in [-0.25, -0.2) is 4.79 Å². The molecule has 0 saturated carbocycles. The van der Waals surface area contributed by atoms with Crippen molar-refractivity contribution in [1.82, 2.24) is 14.9 Å². The number of oxazole rings is 1. The van der Waals surface area contributed by atoms with Crippen LogP contribution in [0.3, 0.4) is 0 Å². The third-order valence-corrected chi connectivity index (χ3v) is 3.26. The minimum atomic E-state index is -0.445. The lowest BCUT2D eigenvalue weighted by atomic mass is 10.2. The Bertz CT molecular complexity index is 849. The second-order valence-electron chi connectivity index (χ2n) is 4.65. The highest BCUT2D eigenvalue weighted by molar-refractivity contribution is 5.97. The van der Waals surface area contributed by atoms with Crippen molar-refractivity contribution in [2.75, 3.05) is 0 Å². The Balaban J connectivity index is 1.80. The van der Waals surface area contributed by atoms with Crippen LogP contribution in [0.1, 0.15) is 15.9 Å². The predicted molar refractivity (Wildman–Crippen MR) is 76.9 cm³/mol. The number of amides is 1. The van der Waals surface area contributed by atoms with Gasteiger partial charge in [-0.15, -0.1) is 0 Å². The molecule has 1 amide bonds. The molecular formula is C15H13N3O3. The molecule has 0 atom stereocenters. The molecule has 0 fully saturated rings. The van der Waals surface area contributed by atoms with E-state index in [0.717, 1.165) is 5.56 Å². The molecule has 1 N–H and O–H groups in total. The molecule has 2 heterocycles. The third kappa shape index (κ3) is 2.55. The van der Waals surface area contributed by atoms with Crippen LogP contribution in [0.4, 0.5) is 0 Å². The zero-order valence-corrected chi connectivity index (χ0v) is 11.4. The number of hydrogen-bond acceptors (Lipinski definition) is 4. The Kier molecular flexibility index (Phi) is 3.27. The standard InChI is InChI=1S/C15H13N3O3/c1-18-12-3-2-11(8-13(12)21-15(18)20)14(19)17-9-10-4-6-16-7-5-10/h2-8H,9H2,1H3,(H,17,19). The van der Waals surface area contributed by atoms with Gasteiger partial charge in [-0.05, 0) is 35.9 Å². The molecule has 0 aliphatic heterocycles. The lowest BCUT2D eigenvalue weighted by Crippen LogP contribution is -2.22. The molecule has 6 nitrogen and oxygen atoms in total. The number of pyridine rings is 1. The molecule has 0 aliphatic rings. The number of nitrogens with one attached hydrogen (secondary N) is 1. The lowest BCUT2D eigenvalue weighted by molar-refractivity contribution is 0.0951. The molecule has 6 heteroatoms. The fraction of sp³-hybridized carbons (Fsp3) is 0.133. The molecular weight excluding hydrogens is 270 g/mol. The minimum Gasteiger partial charge on any atom is -0.408 e. The number of carbonyl (C=O) groups is 1. The quantitative estimate of drug-likeness (QED) is 0.789. The molecule has 106 valence electrons. The van der Waals surface area contributed by atoms with Crippen LogP contribution in [0.25, 0.3) is 11.1 Å². The first-order valence-corrected chi connectivity index (χ1v) is 6.42. The van der Waals surface area contributed by atoms with Gasteiger partial charge in [0.1, 0.15) is 0 Å². The van der Waals surface area contributed by atoms with Gasteiger partial charge in [0.15, 0.2) is 5.58 Å². The van der Waals surface area contributed by atoms with E-state index >= 15 is 0 Å². The van der Waals surface area contributed by atoms with Crippen molar-refractivity contribution in [3.63, 3.8) is 0 Å². The van der Waals surface area contributed by atoms with E-state index in [1.54, 1.807) is 37.6 Å². The second-order valence-corrected chi connectivity index (χ2v) is 4.65. The van der Waals surface area contributed by atoms with Crippen LogP contribution in [0, 0.1) is 0 Å². The number of aryl methyl sites for hydroxylation is 1. The molecule has 0 bridgehead atoms. The summed E-state index contributed by atoms with van der Waals surface area (Å²) >= 11 is 0. The van der Waals surface area contributed by atoms with Crippen molar-refractivity contribution >= 4 is 17.0 Å². The average molecular weight is 283 g/mol. The van der Waals surface area contributed by atoms with Gasteiger partial charge in [0.2, 0.25) is 0 Å². The Morgan fingerprint density at radius 1 is 1.29 bits per heavy atom. The van der Waals surface area contributed by atoms with Crippen LogP contribution in [0.15, 0.2) is 51.9 Å². The maximum atomic E-state index is 12.1. The van der Waals surface area contributed by atoms with Crippen molar-refractivity contribution in [2.45, 2.75) is 6.54 Å². The zero-order valence-electron chi connectivity index (χ0n) is 11.4. The summed E-state index contributed by atoms with van der Waals surface area (Å²) in [6.07, 6.45) is 3.35. The topological polar surface area (TPSA) is 77.1 Å². The number of benzene rings is 1. The summed E-state index contributed by atoms with van der Waals surface area (Å²) in [7, 11) is 1.62. The predicted octanol–water partition coefficient (Wildman–Crippen LogP) is 1.46. The first-order chi connectivity index (χ1) is 10.1. The highest BCUT2D eigenvalue weighted by Crippen LogP contribution is 2.14. The average Bonchev–Trinajstić information content (AvgIpc) is 2.80. The van der Waals surface area contributed by atoms with Crippen LogP contribution in [0.5, 0.6) is 0 Å². The summed E-state index contributed by atoms with van der Waals surface area (Å²) in [5.41, 5.74) is 2.47. The van der Waals surface area contributed by atoms with Gasteiger partial charge < -0.3 is 9.73 Å². The van der Waals surface area contributed by atoms with E-state index in [-0.39, 0.29) is 5.91 Å². The molecule has 0 unspecified atom stereocenters. The van der Waals surface area contributed by atoms with E-state index in [1.165, 1.54) is 4.57 Å². The van der Waals surface area contributed by atoms with Crippen LogP contribution in [0.2, 0.25) is 0 Å². The molecule has 2 aromatic heterocycles. The van der Waals surface area contributed by atoms with Gasteiger partial charge in [-0.1, -0.05) is 0 Å². The first-order valence-electron chi connectivity index (χ1n) is 6.42. The van der Waals surface area contributed by atoms with Gasteiger partial charge in [0, 0.05) is 31.5 Å². The smallest absolute Gasteiger partial charge is 0.408 e. The third-order valence-electron chi connectivity index (χ3n) is 3.26. The maximum absolute atomic E-state index is 12.1. The highest BCUT2D eigenvalue weighted by atomic mass is 16.4. The molecule has 0 saturated heterocycles. The Labute approximate surface area is 120 Å². The van der Waals surface area contributed by atoms with Crippen molar-refractivity contribution < 1.29 is 9.21 Å². The van der Waals surface area contributed by atoms with E-state index in [0.29, 0.717) is 23.2 Å². The highest BCUT2D eigenvalue weighted by Gasteiger charge is 2.10. The van der Waals surface area contributed by atoms with Crippen molar-refractivity contribution in [1.29, 1.82) is 0 Å². The van der Waals surface area contributed by atoms with Crippen molar-refractivity contribution in [3.8, 4) is 0 Å². The van der Waals surface area contributed by atoms with Crippen LogP contribution < -0.4 is 11.1 Å². The second kappa shape index (κ2) is 5.24. The fourth-order valence-electron chi connectivity index (χ4n) is 2.06. The SMILES string of the molecule is Cn1c(=O)oc2cc(C(=O)NCc3ccncc3)ccc21. The molecule has 21 heavy (non-hydrogen) atoms. The summed E-state index contributed by atoms with van der Waals surface area (Å²) in [5, 5.41) is 2.81. The van der Waals surface area contributed by atoms with Crippen molar-refractivity contribution in [2.24, 2.45) is 7.05 Å². The summed E-state index contributed by atoms with van der Waals surface area (Å²) in [6.45, 7) is 0.415. The summed E-state index contributed by atoms with van der Waals surface area (Å²) < 4.78 is 6.47.